The Morgan fingerprint density at radius 1 is 1.42 bits per heavy atom. The summed E-state index contributed by atoms with van der Waals surface area (Å²) < 4.78 is 31.8. The summed E-state index contributed by atoms with van der Waals surface area (Å²) in [4.78, 5) is 11.3. The topological polar surface area (TPSA) is 72.5 Å². The number of hydrogen-bond donors (Lipinski definition) is 1. The maximum atomic E-state index is 12.0. The summed E-state index contributed by atoms with van der Waals surface area (Å²) in [7, 11) is -3.59. The Kier molecular flexibility index (Phi) is 5.96. The molecule has 19 heavy (non-hydrogen) atoms. The van der Waals surface area contributed by atoms with E-state index in [0.717, 1.165) is 10.0 Å². The fourth-order valence-corrected chi connectivity index (χ4v) is 2.75. The van der Waals surface area contributed by atoms with Gasteiger partial charge in [-0.05, 0) is 37.6 Å². The number of aryl methyl sites for hydroxylation is 1. The van der Waals surface area contributed by atoms with Crippen LogP contribution in [0.2, 0.25) is 0 Å². The van der Waals surface area contributed by atoms with Gasteiger partial charge in [0.2, 0.25) is 10.0 Å². The summed E-state index contributed by atoms with van der Waals surface area (Å²) in [6, 6.07) is 4.75. The third-order valence-corrected chi connectivity index (χ3v) is 4.71. The number of ether oxygens (including phenoxy) is 1. The standard InChI is InChI=1S/C12H16BrNO4S/c1-3-18-12(15)6-7-14-19(16,17)10-4-5-11(13)9(2)8-10/h4-5,8,14H,3,6-7H2,1-2H3. The van der Waals surface area contributed by atoms with Crippen LogP contribution in [-0.2, 0) is 19.6 Å². The molecule has 1 N–H and O–H groups in total. The van der Waals surface area contributed by atoms with E-state index in [4.69, 9.17) is 4.74 Å². The molecule has 0 radical (unpaired) electrons. The second-order valence-electron chi connectivity index (χ2n) is 3.86. The van der Waals surface area contributed by atoms with Crippen LogP contribution in [0.4, 0.5) is 0 Å². The number of rotatable bonds is 6. The zero-order valence-corrected chi connectivity index (χ0v) is 13.2. The molecule has 0 aliphatic rings. The second-order valence-corrected chi connectivity index (χ2v) is 6.49. The Labute approximate surface area is 121 Å². The molecule has 0 aliphatic carbocycles. The molecule has 0 bridgehead atoms. The lowest BCUT2D eigenvalue weighted by Gasteiger charge is -2.08. The summed E-state index contributed by atoms with van der Waals surface area (Å²) in [5, 5.41) is 0. The molecule has 0 aromatic heterocycles. The lowest BCUT2D eigenvalue weighted by Crippen LogP contribution is -2.26. The zero-order valence-electron chi connectivity index (χ0n) is 10.8. The zero-order chi connectivity index (χ0) is 14.5. The largest absolute Gasteiger partial charge is 0.466 e. The minimum Gasteiger partial charge on any atom is -0.466 e. The molecule has 0 saturated carbocycles. The van der Waals surface area contributed by atoms with Crippen molar-refractivity contribution in [2.45, 2.75) is 25.2 Å². The average molecular weight is 350 g/mol. The first kappa shape index (κ1) is 16.1. The van der Waals surface area contributed by atoms with Crippen molar-refractivity contribution < 1.29 is 17.9 Å². The van der Waals surface area contributed by atoms with Gasteiger partial charge in [0.15, 0.2) is 0 Å². The highest BCUT2D eigenvalue weighted by molar-refractivity contribution is 9.10. The molecule has 0 unspecified atom stereocenters. The van der Waals surface area contributed by atoms with Gasteiger partial charge in [0.25, 0.3) is 0 Å². The van der Waals surface area contributed by atoms with Crippen LogP contribution in [0.25, 0.3) is 0 Å². The van der Waals surface area contributed by atoms with E-state index in [1.54, 1.807) is 19.1 Å². The smallest absolute Gasteiger partial charge is 0.307 e. The summed E-state index contributed by atoms with van der Waals surface area (Å²) in [6.45, 7) is 3.82. The van der Waals surface area contributed by atoms with Crippen LogP contribution in [-0.4, -0.2) is 27.5 Å². The average Bonchev–Trinajstić information content (AvgIpc) is 2.32. The molecule has 0 fully saturated rings. The summed E-state index contributed by atoms with van der Waals surface area (Å²) in [6.07, 6.45) is 0.0164. The highest BCUT2D eigenvalue weighted by atomic mass is 79.9. The van der Waals surface area contributed by atoms with Crippen LogP contribution in [0.1, 0.15) is 18.9 Å². The predicted octanol–water partition coefficient (Wildman–Crippen LogP) is 1.99. The third-order valence-electron chi connectivity index (χ3n) is 2.37. The number of nitrogens with one attached hydrogen (secondary N) is 1. The number of sulfonamides is 1. The van der Waals surface area contributed by atoms with Crippen molar-refractivity contribution >= 4 is 31.9 Å². The van der Waals surface area contributed by atoms with Gasteiger partial charge in [0.1, 0.15) is 0 Å². The molecule has 7 heteroatoms. The van der Waals surface area contributed by atoms with Crippen molar-refractivity contribution in [3.8, 4) is 0 Å². The molecule has 0 heterocycles. The van der Waals surface area contributed by atoms with Gasteiger partial charge in [-0.2, -0.15) is 0 Å². The lowest BCUT2D eigenvalue weighted by atomic mass is 10.2. The van der Waals surface area contributed by atoms with Crippen LogP contribution in [0.5, 0.6) is 0 Å². The maximum Gasteiger partial charge on any atom is 0.307 e. The van der Waals surface area contributed by atoms with E-state index in [1.165, 1.54) is 6.07 Å². The van der Waals surface area contributed by atoms with Crippen molar-refractivity contribution in [3.05, 3.63) is 28.2 Å². The van der Waals surface area contributed by atoms with E-state index in [2.05, 4.69) is 20.7 Å². The first-order valence-electron chi connectivity index (χ1n) is 5.78. The van der Waals surface area contributed by atoms with Crippen molar-refractivity contribution in [1.82, 2.24) is 4.72 Å². The maximum absolute atomic E-state index is 12.0. The van der Waals surface area contributed by atoms with E-state index in [9.17, 15) is 13.2 Å². The molecule has 0 aliphatic heterocycles. The Morgan fingerprint density at radius 3 is 2.68 bits per heavy atom. The summed E-state index contributed by atoms with van der Waals surface area (Å²) in [5.41, 5.74) is 0.827. The number of esters is 1. The van der Waals surface area contributed by atoms with Gasteiger partial charge in [-0.25, -0.2) is 13.1 Å². The van der Waals surface area contributed by atoms with Crippen molar-refractivity contribution in [3.63, 3.8) is 0 Å². The number of carbonyl (C=O) groups excluding carboxylic acids is 1. The molecule has 1 aromatic rings. The van der Waals surface area contributed by atoms with Crippen LogP contribution in [0.15, 0.2) is 27.6 Å². The molecular formula is C12H16BrNO4S. The van der Waals surface area contributed by atoms with E-state index >= 15 is 0 Å². The highest BCUT2D eigenvalue weighted by Gasteiger charge is 2.15. The first-order chi connectivity index (χ1) is 8.86. The van der Waals surface area contributed by atoms with Crippen LogP contribution < -0.4 is 4.72 Å². The molecule has 1 rings (SSSR count). The Morgan fingerprint density at radius 2 is 2.11 bits per heavy atom. The molecule has 0 atom stereocenters. The Bertz CT molecular complexity index is 557. The number of benzene rings is 1. The van der Waals surface area contributed by atoms with E-state index in [1.807, 2.05) is 6.92 Å². The van der Waals surface area contributed by atoms with Crippen LogP contribution >= 0.6 is 15.9 Å². The van der Waals surface area contributed by atoms with Gasteiger partial charge in [0.05, 0.1) is 17.9 Å². The summed E-state index contributed by atoms with van der Waals surface area (Å²) in [5.74, 6) is -0.419. The van der Waals surface area contributed by atoms with E-state index in [0.29, 0.717) is 0 Å². The van der Waals surface area contributed by atoms with Gasteiger partial charge >= 0.3 is 5.97 Å². The Balaban J connectivity index is 2.66. The number of halogens is 1. The molecule has 0 spiro atoms. The Hall–Kier alpha value is -0.920. The highest BCUT2D eigenvalue weighted by Crippen LogP contribution is 2.19. The minimum absolute atomic E-state index is 0.0164. The molecule has 1 aromatic carbocycles. The van der Waals surface area contributed by atoms with Crippen molar-refractivity contribution in [1.29, 1.82) is 0 Å². The summed E-state index contributed by atoms with van der Waals surface area (Å²) >= 11 is 3.31. The quantitative estimate of drug-likeness (QED) is 0.797. The van der Waals surface area contributed by atoms with E-state index < -0.39 is 16.0 Å². The molecule has 106 valence electrons. The van der Waals surface area contributed by atoms with Crippen LogP contribution in [0.3, 0.4) is 0 Å². The number of carbonyl (C=O) groups is 1. The minimum atomic E-state index is -3.59. The van der Waals surface area contributed by atoms with Gasteiger partial charge < -0.3 is 4.74 Å². The van der Waals surface area contributed by atoms with Gasteiger partial charge in [-0.3, -0.25) is 4.79 Å². The lowest BCUT2D eigenvalue weighted by molar-refractivity contribution is -0.142. The normalized spacial score (nSPS) is 11.3. The fourth-order valence-electron chi connectivity index (χ4n) is 1.39. The van der Waals surface area contributed by atoms with Crippen molar-refractivity contribution in [2.24, 2.45) is 0 Å². The molecule has 5 nitrogen and oxygen atoms in total. The van der Waals surface area contributed by atoms with Crippen LogP contribution in [0, 0.1) is 6.92 Å². The van der Waals surface area contributed by atoms with Gasteiger partial charge in [-0.1, -0.05) is 15.9 Å². The molecular weight excluding hydrogens is 334 g/mol. The SMILES string of the molecule is CCOC(=O)CCNS(=O)(=O)c1ccc(Br)c(C)c1. The predicted molar refractivity (Wildman–Crippen MR) is 75.3 cm³/mol. The van der Waals surface area contributed by atoms with E-state index in [-0.39, 0.29) is 24.5 Å². The second kappa shape index (κ2) is 7.02. The molecule has 0 saturated heterocycles. The first-order valence-corrected chi connectivity index (χ1v) is 8.06. The third kappa shape index (κ3) is 4.93. The fraction of sp³-hybridized carbons (Fsp3) is 0.417. The van der Waals surface area contributed by atoms with Gasteiger partial charge in [-0.15, -0.1) is 0 Å². The monoisotopic (exact) mass is 349 g/mol. The van der Waals surface area contributed by atoms with Crippen molar-refractivity contribution in [2.75, 3.05) is 13.2 Å². The molecule has 0 amide bonds. The van der Waals surface area contributed by atoms with Gasteiger partial charge in [0, 0.05) is 11.0 Å². The number of hydrogen-bond acceptors (Lipinski definition) is 4.